The molecule has 0 amide bonds. The molecule has 1 heterocycles. The van der Waals surface area contributed by atoms with E-state index in [1.165, 1.54) is 0 Å². The number of ether oxygens (including phenoxy) is 2. The van der Waals surface area contributed by atoms with Gasteiger partial charge in [-0.15, -0.1) is 0 Å². The van der Waals surface area contributed by atoms with Crippen LogP contribution in [-0.4, -0.2) is 31.4 Å². The third kappa shape index (κ3) is 2.52. The van der Waals surface area contributed by atoms with E-state index in [4.69, 9.17) is 9.47 Å². The second kappa shape index (κ2) is 5.28. The van der Waals surface area contributed by atoms with Gasteiger partial charge in [0.05, 0.1) is 19.1 Å². The van der Waals surface area contributed by atoms with Crippen molar-refractivity contribution in [1.82, 2.24) is 0 Å². The summed E-state index contributed by atoms with van der Waals surface area (Å²) in [4.78, 5) is 11.5. The highest BCUT2D eigenvalue weighted by molar-refractivity contribution is 9.10. The van der Waals surface area contributed by atoms with E-state index in [1.54, 1.807) is 7.11 Å². The number of aliphatic carboxylic acids is 1. The molecule has 1 atom stereocenters. The Kier molecular flexibility index (Phi) is 3.92. The van der Waals surface area contributed by atoms with Crippen LogP contribution in [-0.2, 0) is 16.0 Å². The first kappa shape index (κ1) is 13.4. The molecule has 1 fully saturated rings. The maximum absolute atomic E-state index is 11.5. The van der Waals surface area contributed by atoms with Crippen LogP contribution in [0.2, 0.25) is 0 Å². The zero-order chi connectivity index (χ0) is 13.2. The van der Waals surface area contributed by atoms with Crippen molar-refractivity contribution in [3.05, 3.63) is 28.2 Å². The lowest BCUT2D eigenvalue weighted by molar-refractivity contribution is -0.148. The molecule has 18 heavy (non-hydrogen) atoms. The average Bonchev–Trinajstić information content (AvgIpc) is 2.79. The Hall–Kier alpha value is -1.07. The first-order valence-corrected chi connectivity index (χ1v) is 6.50. The molecule has 1 N–H and O–H groups in total. The first-order valence-electron chi connectivity index (χ1n) is 5.71. The summed E-state index contributed by atoms with van der Waals surface area (Å²) >= 11 is 3.40. The van der Waals surface area contributed by atoms with Crippen molar-refractivity contribution in [3.63, 3.8) is 0 Å². The maximum Gasteiger partial charge on any atom is 0.312 e. The van der Waals surface area contributed by atoms with E-state index in [0.29, 0.717) is 25.2 Å². The number of carbonyl (C=O) groups is 1. The normalized spacial score (nSPS) is 23.0. The van der Waals surface area contributed by atoms with Crippen molar-refractivity contribution in [2.75, 3.05) is 20.3 Å². The van der Waals surface area contributed by atoms with Crippen molar-refractivity contribution in [2.45, 2.75) is 12.8 Å². The average molecular weight is 315 g/mol. The molecule has 98 valence electrons. The van der Waals surface area contributed by atoms with E-state index in [0.717, 1.165) is 10.0 Å². The van der Waals surface area contributed by atoms with Crippen molar-refractivity contribution < 1.29 is 19.4 Å². The highest BCUT2D eigenvalue weighted by atomic mass is 79.9. The molecule has 0 saturated carbocycles. The third-order valence-corrected chi connectivity index (χ3v) is 3.82. The lowest BCUT2D eigenvalue weighted by Crippen LogP contribution is -2.34. The fourth-order valence-electron chi connectivity index (χ4n) is 2.24. The van der Waals surface area contributed by atoms with Gasteiger partial charge in [0.15, 0.2) is 0 Å². The summed E-state index contributed by atoms with van der Waals surface area (Å²) in [6, 6.07) is 5.62. The van der Waals surface area contributed by atoms with Gasteiger partial charge in [-0.05, 0) is 36.6 Å². The Morgan fingerprint density at radius 2 is 2.39 bits per heavy atom. The van der Waals surface area contributed by atoms with E-state index >= 15 is 0 Å². The molecular formula is C13H15BrO4. The SMILES string of the molecule is COc1ccc(Br)cc1CC1(C(=O)O)CCOC1. The van der Waals surface area contributed by atoms with Gasteiger partial charge in [-0.2, -0.15) is 0 Å². The molecule has 1 aliphatic rings. The molecule has 1 aromatic rings. The van der Waals surface area contributed by atoms with Gasteiger partial charge in [0, 0.05) is 11.1 Å². The molecule has 0 radical (unpaired) electrons. The topological polar surface area (TPSA) is 55.8 Å². The molecule has 0 aliphatic carbocycles. The standard InChI is InChI=1S/C13H15BrO4/c1-17-11-3-2-10(14)6-9(11)7-13(12(15)16)4-5-18-8-13/h2-3,6H,4-5,7-8H2,1H3,(H,15,16). The zero-order valence-electron chi connectivity index (χ0n) is 10.1. The Bertz CT molecular complexity index is 452. The van der Waals surface area contributed by atoms with Crippen LogP contribution in [0.25, 0.3) is 0 Å². The van der Waals surface area contributed by atoms with Crippen molar-refractivity contribution in [2.24, 2.45) is 5.41 Å². The summed E-state index contributed by atoms with van der Waals surface area (Å²) in [5.74, 6) is -0.0900. The van der Waals surface area contributed by atoms with Crippen LogP contribution >= 0.6 is 15.9 Å². The Morgan fingerprint density at radius 1 is 1.61 bits per heavy atom. The Balaban J connectivity index is 2.32. The molecule has 0 bridgehead atoms. The molecule has 1 unspecified atom stereocenters. The highest BCUT2D eigenvalue weighted by Gasteiger charge is 2.43. The number of rotatable bonds is 4. The van der Waals surface area contributed by atoms with Gasteiger partial charge in [0.1, 0.15) is 5.75 Å². The van der Waals surface area contributed by atoms with Crippen molar-refractivity contribution >= 4 is 21.9 Å². The summed E-state index contributed by atoms with van der Waals surface area (Å²) in [5, 5.41) is 9.43. The van der Waals surface area contributed by atoms with Crippen LogP contribution in [0.4, 0.5) is 0 Å². The van der Waals surface area contributed by atoms with Crippen LogP contribution < -0.4 is 4.74 Å². The Morgan fingerprint density at radius 3 is 2.94 bits per heavy atom. The van der Waals surface area contributed by atoms with Gasteiger partial charge >= 0.3 is 5.97 Å². The van der Waals surface area contributed by atoms with Crippen molar-refractivity contribution in [3.8, 4) is 5.75 Å². The number of hydrogen-bond acceptors (Lipinski definition) is 3. The molecular weight excluding hydrogens is 300 g/mol. The minimum atomic E-state index is -0.825. The lowest BCUT2D eigenvalue weighted by atomic mass is 9.81. The minimum Gasteiger partial charge on any atom is -0.496 e. The molecule has 1 aromatic carbocycles. The lowest BCUT2D eigenvalue weighted by Gasteiger charge is -2.23. The summed E-state index contributed by atoms with van der Waals surface area (Å²) in [6.07, 6.45) is 0.961. The summed E-state index contributed by atoms with van der Waals surface area (Å²) in [6.45, 7) is 0.765. The van der Waals surface area contributed by atoms with E-state index in [9.17, 15) is 9.90 Å². The summed E-state index contributed by atoms with van der Waals surface area (Å²) < 4.78 is 11.5. The van der Waals surface area contributed by atoms with E-state index < -0.39 is 11.4 Å². The van der Waals surface area contributed by atoms with Crippen LogP contribution in [0.15, 0.2) is 22.7 Å². The largest absolute Gasteiger partial charge is 0.496 e. The van der Waals surface area contributed by atoms with Crippen LogP contribution in [0.1, 0.15) is 12.0 Å². The molecule has 2 rings (SSSR count). The zero-order valence-corrected chi connectivity index (χ0v) is 11.7. The second-order valence-corrected chi connectivity index (χ2v) is 5.44. The number of carboxylic acids is 1. The van der Waals surface area contributed by atoms with Gasteiger partial charge in [-0.3, -0.25) is 4.79 Å². The van der Waals surface area contributed by atoms with Gasteiger partial charge in [0.25, 0.3) is 0 Å². The van der Waals surface area contributed by atoms with Crippen LogP contribution in [0, 0.1) is 5.41 Å². The minimum absolute atomic E-state index is 0.262. The maximum atomic E-state index is 11.5. The monoisotopic (exact) mass is 314 g/mol. The predicted molar refractivity (Wildman–Crippen MR) is 69.9 cm³/mol. The first-order chi connectivity index (χ1) is 8.57. The van der Waals surface area contributed by atoms with Gasteiger partial charge < -0.3 is 14.6 Å². The molecule has 1 saturated heterocycles. The van der Waals surface area contributed by atoms with Gasteiger partial charge in [0.2, 0.25) is 0 Å². The molecule has 0 spiro atoms. The number of hydrogen-bond donors (Lipinski definition) is 1. The van der Waals surface area contributed by atoms with Gasteiger partial charge in [-0.1, -0.05) is 15.9 Å². The molecule has 4 nitrogen and oxygen atoms in total. The third-order valence-electron chi connectivity index (χ3n) is 3.33. The van der Waals surface area contributed by atoms with E-state index in [2.05, 4.69) is 15.9 Å². The van der Waals surface area contributed by atoms with Crippen LogP contribution in [0.5, 0.6) is 5.75 Å². The van der Waals surface area contributed by atoms with Crippen LogP contribution in [0.3, 0.4) is 0 Å². The fraction of sp³-hybridized carbons (Fsp3) is 0.462. The van der Waals surface area contributed by atoms with Gasteiger partial charge in [-0.25, -0.2) is 0 Å². The number of carboxylic acid groups (broad SMARTS) is 1. The second-order valence-electron chi connectivity index (χ2n) is 4.52. The highest BCUT2D eigenvalue weighted by Crippen LogP contribution is 2.36. The molecule has 5 heteroatoms. The summed E-state index contributed by atoms with van der Waals surface area (Å²) in [5.41, 5.74) is 0.0634. The smallest absolute Gasteiger partial charge is 0.312 e. The van der Waals surface area contributed by atoms with E-state index in [1.807, 2.05) is 18.2 Å². The number of methoxy groups -OCH3 is 1. The fourth-order valence-corrected chi connectivity index (χ4v) is 2.65. The molecule has 1 aliphatic heterocycles. The number of benzene rings is 1. The predicted octanol–water partition coefficient (Wildman–Crippen LogP) is 2.49. The summed E-state index contributed by atoms with van der Waals surface area (Å²) in [7, 11) is 1.59. The van der Waals surface area contributed by atoms with E-state index in [-0.39, 0.29) is 6.61 Å². The molecule has 0 aromatic heterocycles. The quantitative estimate of drug-likeness (QED) is 0.927. The Labute approximate surface area is 114 Å². The van der Waals surface area contributed by atoms with Crippen molar-refractivity contribution in [1.29, 1.82) is 0 Å². The number of halogens is 1.